The SMILES string of the molecule is COC(=O)C(B(O)O)c1ccccc1. The van der Waals surface area contributed by atoms with Gasteiger partial charge in [0.25, 0.3) is 0 Å². The number of hydrogen-bond acceptors (Lipinski definition) is 4. The van der Waals surface area contributed by atoms with E-state index in [0.29, 0.717) is 5.56 Å². The van der Waals surface area contributed by atoms with Crippen LogP contribution in [0, 0.1) is 0 Å². The maximum absolute atomic E-state index is 11.2. The predicted octanol–water partition coefficient (Wildman–Crippen LogP) is -0.0448. The van der Waals surface area contributed by atoms with E-state index in [-0.39, 0.29) is 0 Å². The Labute approximate surface area is 82.3 Å². The number of hydrogen-bond donors (Lipinski definition) is 2. The molecule has 0 aliphatic heterocycles. The molecule has 0 heterocycles. The van der Waals surface area contributed by atoms with Gasteiger partial charge >= 0.3 is 13.1 Å². The first-order valence-corrected chi connectivity index (χ1v) is 4.15. The second-order valence-corrected chi connectivity index (χ2v) is 2.83. The summed E-state index contributed by atoms with van der Waals surface area (Å²) in [5, 5.41) is 18.0. The summed E-state index contributed by atoms with van der Waals surface area (Å²) in [7, 11) is -0.537. The first-order valence-electron chi connectivity index (χ1n) is 4.15. The van der Waals surface area contributed by atoms with Crippen molar-refractivity contribution in [3.05, 3.63) is 35.9 Å². The van der Waals surface area contributed by atoms with Crippen LogP contribution in [0.15, 0.2) is 30.3 Å². The Morgan fingerprint density at radius 1 is 1.36 bits per heavy atom. The molecule has 0 fully saturated rings. The smallest absolute Gasteiger partial charge is 0.469 e. The number of rotatable bonds is 3. The topological polar surface area (TPSA) is 66.8 Å². The van der Waals surface area contributed by atoms with Crippen LogP contribution in [-0.4, -0.2) is 30.2 Å². The summed E-state index contributed by atoms with van der Waals surface area (Å²) >= 11 is 0. The molecule has 74 valence electrons. The zero-order chi connectivity index (χ0) is 10.6. The maximum Gasteiger partial charge on any atom is 0.471 e. The molecule has 0 radical (unpaired) electrons. The van der Waals surface area contributed by atoms with Gasteiger partial charge in [-0.1, -0.05) is 30.3 Å². The molecule has 0 saturated carbocycles. The first kappa shape index (κ1) is 10.8. The van der Waals surface area contributed by atoms with Gasteiger partial charge in [0.15, 0.2) is 0 Å². The van der Waals surface area contributed by atoms with Crippen molar-refractivity contribution in [2.24, 2.45) is 0 Å². The minimum absolute atomic E-state index is 0.523. The van der Waals surface area contributed by atoms with E-state index in [1.807, 2.05) is 0 Å². The van der Waals surface area contributed by atoms with Gasteiger partial charge in [0.1, 0.15) is 5.82 Å². The zero-order valence-corrected chi connectivity index (χ0v) is 7.75. The molecule has 1 aromatic carbocycles. The van der Waals surface area contributed by atoms with E-state index < -0.39 is 18.9 Å². The Bertz CT molecular complexity index is 299. The van der Waals surface area contributed by atoms with Gasteiger partial charge in [-0.25, -0.2) is 0 Å². The van der Waals surface area contributed by atoms with Gasteiger partial charge in [0, 0.05) is 0 Å². The molecule has 2 N–H and O–H groups in total. The van der Waals surface area contributed by atoms with E-state index in [4.69, 9.17) is 10.0 Å². The van der Waals surface area contributed by atoms with E-state index in [9.17, 15) is 4.79 Å². The van der Waals surface area contributed by atoms with Gasteiger partial charge < -0.3 is 14.8 Å². The highest BCUT2D eigenvalue weighted by atomic mass is 16.5. The van der Waals surface area contributed by atoms with Crippen molar-refractivity contribution in [1.82, 2.24) is 0 Å². The highest BCUT2D eigenvalue weighted by molar-refractivity contribution is 6.48. The summed E-state index contributed by atoms with van der Waals surface area (Å²) < 4.78 is 4.47. The van der Waals surface area contributed by atoms with Crippen LogP contribution >= 0.6 is 0 Å². The van der Waals surface area contributed by atoms with Crippen LogP contribution in [0.3, 0.4) is 0 Å². The highest BCUT2D eigenvalue weighted by Crippen LogP contribution is 2.17. The van der Waals surface area contributed by atoms with Crippen molar-refractivity contribution in [1.29, 1.82) is 0 Å². The van der Waals surface area contributed by atoms with Crippen LogP contribution in [0.4, 0.5) is 0 Å². The molecule has 1 unspecified atom stereocenters. The lowest BCUT2D eigenvalue weighted by molar-refractivity contribution is -0.140. The maximum atomic E-state index is 11.2. The van der Waals surface area contributed by atoms with Crippen LogP contribution in [0.2, 0.25) is 0 Å². The summed E-state index contributed by atoms with van der Waals surface area (Å²) in [6, 6.07) is 8.49. The molecule has 1 aromatic rings. The molecule has 0 aliphatic carbocycles. The molecule has 1 rings (SSSR count). The minimum Gasteiger partial charge on any atom is -0.469 e. The summed E-state index contributed by atoms with van der Waals surface area (Å²) in [4.78, 5) is 11.2. The number of ether oxygens (including phenoxy) is 1. The largest absolute Gasteiger partial charge is 0.471 e. The number of methoxy groups -OCH3 is 1. The fraction of sp³-hybridized carbons (Fsp3) is 0.222. The van der Waals surface area contributed by atoms with Gasteiger partial charge in [0.05, 0.1) is 7.11 Å². The molecule has 1 atom stereocenters. The second-order valence-electron chi connectivity index (χ2n) is 2.83. The molecule has 14 heavy (non-hydrogen) atoms. The Balaban J connectivity index is 2.95. The molecule has 0 aromatic heterocycles. The number of benzene rings is 1. The van der Waals surface area contributed by atoms with E-state index >= 15 is 0 Å². The Morgan fingerprint density at radius 2 is 1.93 bits per heavy atom. The second kappa shape index (κ2) is 4.78. The van der Waals surface area contributed by atoms with Gasteiger partial charge in [0.2, 0.25) is 0 Å². The van der Waals surface area contributed by atoms with Crippen molar-refractivity contribution >= 4 is 13.1 Å². The van der Waals surface area contributed by atoms with E-state index in [1.54, 1.807) is 30.3 Å². The van der Waals surface area contributed by atoms with Gasteiger partial charge in [-0.2, -0.15) is 0 Å². The Hall–Kier alpha value is -1.33. The standard InChI is InChI=1S/C9H11BO4/c1-14-9(11)8(10(12)13)7-5-3-2-4-6-7/h2-6,8,12-13H,1H3. The summed E-state index contributed by atoms with van der Waals surface area (Å²) in [6.45, 7) is 0. The minimum atomic E-state index is -1.75. The molecule has 0 amide bonds. The lowest BCUT2D eigenvalue weighted by atomic mass is 9.69. The average Bonchev–Trinajstić information content (AvgIpc) is 2.19. The monoisotopic (exact) mass is 194 g/mol. The van der Waals surface area contributed by atoms with Crippen LogP contribution < -0.4 is 0 Å². The third-order valence-electron chi connectivity index (χ3n) is 1.91. The van der Waals surface area contributed by atoms with E-state index in [2.05, 4.69) is 4.74 Å². The highest BCUT2D eigenvalue weighted by Gasteiger charge is 2.33. The summed E-state index contributed by atoms with van der Waals surface area (Å²) in [6.07, 6.45) is 0. The van der Waals surface area contributed by atoms with Gasteiger partial charge in [-0.05, 0) is 5.56 Å². The normalized spacial score (nSPS) is 11.9. The Kier molecular flexibility index (Phi) is 3.68. The van der Waals surface area contributed by atoms with Crippen LogP contribution in [0.1, 0.15) is 11.4 Å². The van der Waals surface area contributed by atoms with Gasteiger partial charge in [-0.3, -0.25) is 4.79 Å². The fourth-order valence-corrected chi connectivity index (χ4v) is 1.22. The fourth-order valence-electron chi connectivity index (χ4n) is 1.22. The molecule has 0 saturated heterocycles. The van der Waals surface area contributed by atoms with Crippen molar-refractivity contribution in [2.45, 2.75) is 5.82 Å². The quantitative estimate of drug-likeness (QED) is 0.523. The molecule has 0 bridgehead atoms. The predicted molar refractivity (Wildman–Crippen MR) is 51.4 cm³/mol. The third kappa shape index (κ3) is 2.34. The number of esters is 1. The van der Waals surface area contributed by atoms with E-state index in [1.165, 1.54) is 7.11 Å². The summed E-state index contributed by atoms with van der Waals surface area (Å²) in [5.41, 5.74) is 0.523. The third-order valence-corrected chi connectivity index (χ3v) is 1.91. The van der Waals surface area contributed by atoms with Crippen LogP contribution in [-0.2, 0) is 9.53 Å². The van der Waals surface area contributed by atoms with E-state index in [0.717, 1.165) is 0 Å². The summed E-state index contributed by atoms with van der Waals surface area (Å²) in [5.74, 6) is -1.70. The number of carbonyl (C=O) groups excluding carboxylic acids is 1. The average molecular weight is 194 g/mol. The van der Waals surface area contributed by atoms with Crippen molar-refractivity contribution in [3.8, 4) is 0 Å². The lowest BCUT2D eigenvalue weighted by Gasteiger charge is -2.13. The van der Waals surface area contributed by atoms with Crippen LogP contribution in [0.5, 0.6) is 0 Å². The molecule has 0 aliphatic rings. The molecular formula is C9H11BO4. The van der Waals surface area contributed by atoms with Crippen molar-refractivity contribution < 1.29 is 19.6 Å². The van der Waals surface area contributed by atoms with Crippen LogP contribution in [0.25, 0.3) is 0 Å². The molecular weight excluding hydrogens is 183 g/mol. The molecule has 0 spiro atoms. The Morgan fingerprint density at radius 3 is 2.36 bits per heavy atom. The molecule has 5 heteroatoms. The van der Waals surface area contributed by atoms with Crippen molar-refractivity contribution in [3.63, 3.8) is 0 Å². The van der Waals surface area contributed by atoms with Gasteiger partial charge in [-0.15, -0.1) is 0 Å². The lowest BCUT2D eigenvalue weighted by Crippen LogP contribution is -2.31. The van der Waals surface area contributed by atoms with Crippen molar-refractivity contribution in [2.75, 3.05) is 7.11 Å². The number of carbonyl (C=O) groups is 1. The molecule has 4 nitrogen and oxygen atoms in total. The first-order chi connectivity index (χ1) is 6.66. The zero-order valence-electron chi connectivity index (χ0n) is 7.75.